The van der Waals surface area contributed by atoms with Gasteiger partial charge in [0.25, 0.3) is 0 Å². The molecule has 0 amide bonds. The first-order valence-corrected chi connectivity index (χ1v) is 17.9. The molecule has 0 nitrogen and oxygen atoms in total. The van der Waals surface area contributed by atoms with Gasteiger partial charge in [0.2, 0.25) is 0 Å². The van der Waals surface area contributed by atoms with Crippen molar-refractivity contribution in [2.45, 2.75) is 135 Å². The molecule has 2 aromatic carbocycles. The van der Waals surface area contributed by atoms with Crippen molar-refractivity contribution in [3.63, 3.8) is 0 Å². The molecular weight excluding hydrogens is 559 g/mol. The zero-order chi connectivity index (χ0) is 35.6. The number of allylic oxidation sites excluding steroid dienone is 8. The van der Waals surface area contributed by atoms with E-state index in [-0.39, 0.29) is 5.82 Å². The summed E-state index contributed by atoms with van der Waals surface area (Å²) in [6, 6.07) is 10.2. The van der Waals surface area contributed by atoms with Crippen LogP contribution in [0.15, 0.2) is 78.4 Å². The van der Waals surface area contributed by atoms with Crippen LogP contribution in [0.1, 0.15) is 142 Å². The number of rotatable bonds is 8. The number of halogens is 1. The highest BCUT2D eigenvalue weighted by atomic mass is 19.1. The minimum Gasteiger partial charge on any atom is -0.207 e. The van der Waals surface area contributed by atoms with Gasteiger partial charge in [-0.1, -0.05) is 135 Å². The minimum atomic E-state index is -0.144. The lowest BCUT2D eigenvalue weighted by Crippen LogP contribution is -2.08. The zero-order valence-electron chi connectivity index (χ0n) is 32.4. The van der Waals surface area contributed by atoms with Crippen molar-refractivity contribution in [2.24, 2.45) is 17.8 Å². The molecule has 46 heavy (non-hydrogen) atoms. The van der Waals surface area contributed by atoms with E-state index in [1.165, 1.54) is 59.6 Å². The van der Waals surface area contributed by atoms with Gasteiger partial charge < -0.3 is 0 Å². The number of hydrogen-bond donors (Lipinski definition) is 0. The molecule has 0 saturated heterocycles. The van der Waals surface area contributed by atoms with Gasteiger partial charge in [0.05, 0.1) is 0 Å². The summed E-state index contributed by atoms with van der Waals surface area (Å²) in [7, 11) is 0. The average Bonchev–Trinajstić information content (AvgIpc) is 3.04. The van der Waals surface area contributed by atoms with E-state index in [4.69, 9.17) is 0 Å². The second-order valence-electron chi connectivity index (χ2n) is 13.5. The SMILES string of the molecule is C=C(C)/C(C)=C(\C)c1c(C)ccc(F)c1C.C=C/C=C(\C(C)=C/C)c1ccc(CC(C)C)c(CC)c1.CC.CC1CCC(C)CC1. The van der Waals surface area contributed by atoms with Gasteiger partial charge >= 0.3 is 0 Å². The van der Waals surface area contributed by atoms with Crippen molar-refractivity contribution in [3.05, 3.63) is 118 Å². The molecule has 0 bridgehead atoms. The van der Waals surface area contributed by atoms with Crippen molar-refractivity contribution in [2.75, 3.05) is 0 Å². The Balaban J connectivity index is 0.000000691. The van der Waals surface area contributed by atoms with Crippen LogP contribution in [0.25, 0.3) is 11.1 Å². The molecule has 2 aromatic rings. The summed E-state index contributed by atoms with van der Waals surface area (Å²) in [6.07, 6.45) is 14.3. The van der Waals surface area contributed by atoms with Crippen molar-refractivity contribution in [1.82, 2.24) is 0 Å². The van der Waals surface area contributed by atoms with Gasteiger partial charge in [0.15, 0.2) is 0 Å². The van der Waals surface area contributed by atoms with E-state index in [0.717, 1.165) is 58.1 Å². The number of hydrogen-bond acceptors (Lipinski definition) is 0. The van der Waals surface area contributed by atoms with Crippen LogP contribution in [0.5, 0.6) is 0 Å². The highest BCUT2D eigenvalue weighted by Gasteiger charge is 2.13. The summed E-state index contributed by atoms with van der Waals surface area (Å²) in [5, 5.41) is 0. The molecule has 0 aliphatic heterocycles. The Morgan fingerprint density at radius 1 is 0.913 bits per heavy atom. The summed E-state index contributed by atoms with van der Waals surface area (Å²) in [5.74, 6) is 2.60. The summed E-state index contributed by atoms with van der Waals surface area (Å²) in [5.41, 5.74) is 12.9. The van der Waals surface area contributed by atoms with Crippen molar-refractivity contribution >= 4 is 11.1 Å². The third-order valence-electron chi connectivity index (χ3n) is 9.16. The third-order valence-corrected chi connectivity index (χ3v) is 9.16. The minimum absolute atomic E-state index is 0.144. The Hall–Kier alpha value is -2.93. The molecule has 3 rings (SSSR count). The molecule has 1 aliphatic rings. The van der Waals surface area contributed by atoms with Crippen LogP contribution in [0, 0.1) is 37.4 Å². The summed E-state index contributed by atoms with van der Waals surface area (Å²) in [4.78, 5) is 0. The summed E-state index contributed by atoms with van der Waals surface area (Å²) in [6.45, 7) is 37.4. The van der Waals surface area contributed by atoms with Crippen LogP contribution in [0.4, 0.5) is 4.39 Å². The first-order chi connectivity index (χ1) is 21.7. The lowest BCUT2D eigenvalue weighted by Gasteiger charge is -2.22. The van der Waals surface area contributed by atoms with Gasteiger partial charge in [-0.25, -0.2) is 4.39 Å². The number of benzene rings is 2. The zero-order valence-corrected chi connectivity index (χ0v) is 32.4. The molecular formula is C45H69F. The van der Waals surface area contributed by atoms with Crippen LogP contribution in [0.2, 0.25) is 0 Å². The topological polar surface area (TPSA) is 0 Å². The van der Waals surface area contributed by atoms with Gasteiger partial charge in [-0.2, -0.15) is 0 Å². The molecule has 1 fully saturated rings. The smallest absolute Gasteiger partial charge is 0.126 e. The van der Waals surface area contributed by atoms with E-state index in [1.807, 2.05) is 60.6 Å². The Morgan fingerprint density at radius 3 is 1.89 bits per heavy atom. The molecule has 0 spiro atoms. The fourth-order valence-corrected chi connectivity index (χ4v) is 5.82. The van der Waals surface area contributed by atoms with Crippen molar-refractivity contribution in [1.29, 1.82) is 0 Å². The fourth-order valence-electron chi connectivity index (χ4n) is 5.82. The van der Waals surface area contributed by atoms with Gasteiger partial charge in [-0.3, -0.25) is 0 Å². The predicted octanol–water partition coefficient (Wildman–Crippen LogP) is 14.7. The standard InChI is InChI=1S/C20H28.C15H19F.C8H16.C2H6/c1-7-10-20(16(6)8-2)19-12-11-18(13-15(4)5)17(9-3)14-19;1-9(2)11(4)12(5)15-10(3)7-8-14(16)13(15)6;1-7-3-5-8(2)6-4-7;1-2/h7-8,10-12,14-15H,1,9,13H2,2-6H3;7-8H,1H2,2-6H3;7-8H,3-6H2,1-2H3;1-2H3/b16-8-,20-10+;12-11+;;. The van der Waals surface area contributed by atoms with E-state index in [0.29, 0.717) is 5.92 Å². The van der Waals surface area contributed by atoms with Gasteiger partial charge in [-0.15, -0.1) is 0 Å². The average molecular weight is 629 g/mol. The maximum Gasteiger partial charge on any atom is 0.126 e. The highest BCUT2D eigenvalue weighted by Crippen LogP contribution is 2.30. The monoisotopic (exact) mass is 629 g/mol. The maximum absolute atomic E-state index is 13.5. The first kappa shape index (κ1) is 43.1. The molecule has 1 heteroatoms. The third kappa shape index (κ3) is 14.2. The Morgan fingerprint density at radius 2 is 1.46 bits per heavy atom. The lowest BCUT2D eigenvalue weighted by atomic mass is 9.84. The molecule has 1 aliphatic carbocycles. The van der Waals surface area contributed by atoms with Crippen LogP contribution in [-0.2, 0) is 12.8 Å². The van der Waals surface area contributed by atoms with Crippen molar-refractivity contribution < 1.29 is 4.39 Å². The maximum atomic E-state index is 13.5. The molecule has 0 radical (unpaired) electrons. The largest absolute Gasteiger partial charge is 0.207 e. The van der Waals surface area contributed by atoms with E-state index in [9.17, 15) is 4.39 Å². The summed E-state index contributed by atoms with van der Waals surface area (Å²) < 4.78 is 13.5. The Kier molecular flexibility index (Phi) is 21.1. The van der Waals surface area contributed by atoms with E-state index in [2.05, 4.69) is 92.0 Å². The molecule has 256 valence electrons. The summed E-state index contributed by atoms with van der Waals surface area (Å²) >= 11 is 0. The predicted molar refractivity (Wildman–Crippen MR) is 209 cm³/mol. The highest BCUT2D eigenvalue weighted by molar-refractivity contribution is 5.80. The van der Waals surface area contributed by atoms with Gasteiger partial charge in [0.1, 0.15) is 5.82 Å². The Bertz CT molecular complexity index is 1310. The molecule has 0 heterocycles. The molecule has 0 unspecified atom stereocenters. The van der Waals surface area contributed by atoms with Crippen molar-refractivity contribution in [3.8, 4) is 0 Å². The normalized spacial score (nSPS) is 17.0. The van der Waals surface area contributed by atoms with Crippen LogP contribution < -0.4 is 0 Å². The van der Waals surface area contributed by atoms with E-state index >= 15 is 0 Å². The molecule has 0 atom stereocenters. The quantitative estimate of drug-likeness (QED) is 0.255. The van der Waals surface area contributed by atoms with Crippen LogP contribution in [0.3, 0.4) is 0 Å². The number of aryl methyl sites for hydroxylation is 2. The van der Waals surface area contributed by atoms with E-state index in [1.54, 1.807) is 0 Å². The second-order valence-corrected chi connectivity index (χ2v) is 13.5. The Labute approximate surface area is 285 Å². The second kappa shape index (κ2) is 22.6. The van der Waals surface area contributed by atoms with Crippen LogP contribution in [-0.4, -0.2) is 0 Å². The fraction of sp³-hybridized carbons (Fsp3) is 0.511. The first-order valence-electron chi connectivity index (χ1n) is 17.9. The van der Waals surface area contributed by atoms with Gasteiger partial charge in [-0.05, 0) is 141 Å². The lowest BCUT2D eigenvalue weighted by molar-refractivity contribution is 0.308. The van der Waals surface area contributed by atoms with Gasteiger partial charge in [0, 0.05) is 0 Å². The van der Waals surface area contributed by atoms with Crippen LogP contribution >= 0.6 is 0 Å². The van der Waals surface area contributed by atoms with E-state index < -0.39 is 0 Å². The molecule has 0 N–H and O–H groups in total. The molecule has 0 aromatic heterocycles. The molecule has 1 saturated carbocycles.